The molecule has 1 N–H and O–H groups in total. The van der Waals surface area contributed by atoms with Crippen LogP contribution in [0.15, 0.2) is 55.0 Å². The first-order valence-electron chi connectivity index (χ1n) is 12.1. The summed E-state index contributed by atoms with van der Waals surface area (Å²) < 4.78 is 5.57. The zero-order chi connectivity index (χ0) is 22.2. The standard InChI is InChI=1S/C27H31N5O/c1-33-22-16-20-4-2-10-28-26(20)25(17-22)32-14-12-31(13-15-32)21-8-6-19(7-9-21)24-18-30-27-23(24)5-3-11-29-27/h2-5,10-11,16-19,21H,6-9,12-15H2,1H3,(H,29,30)/t19-,21+. The van der Waals surface area contributed by atoms with Gasteiger partial charge in [-0.2, -0.15) is 0 Å². The predicted octanol–water partition coefficient (Wildman–Crippen LogP) is 4.97. The number of nitrogens with one attached hydrogen (secondary N) is 1. The van der Waals surface area contributed by atoms with Gasteiger partial charge in [0, 0.05) is 67.7 Å². The number of pyridine rings is 2. The summed E-state index contributed by atoms with van der Waals surface area (Å²) in [6, 6.07) is 13.3. The monoisotopic (exact) mass is 441 g/mol. The van der Waals surface area contributed by atoms with Gasteiger partial charge in [0.05, 0.1) is 18.3 Å². The third kappa shape index (κ3) is 3.82. The van der Waals surface area contributed by atoms with Crippen LogP contribution in [0.2, 0.25) is 0 Å². The second kappa shape index (κ2) is 8.67. The summed E-state index contributed by atoms with van der Waals surface area (Å²) in [4.78, 5) is 17.7. The summed E-state index contributed by atoms with van der Waals surface area (Å²) in [5.74, 6) is 1.55. The maximum atomic E-state index is 5.57. The molecular formula is C27H31N5O. The number of piperazine rings is 1. The van der Waals surface area contributed by atoms with Gasteiger partial charge in [-0.15, -0.1) is 0 Å². The van der Waals surface area contributed by atoms with Crippen molar-refractivity contribution in [3.05, 3.63) is 60.6 Å². The lowest BCUT2D eigenvalue weighted by Crippen LogP contribution is -2.51. The van der Waals surface area contributed by atoms with E-state index in [9.17, 15) is 0 Å². The van der Waals surface area contributed by atoms with E-state index < -0.39 is 0 Å². The Balaban J connectivity index is 1.11. The lowest BCUT2D eigenvalue weighted by atomic mass is 9.81. The SMILES string of the molecule is COc1cc(N2CCN([C@H]3CC[C@@H](c4c[nH]c5ncccc54)CC3)CC2)c2ncccc2c1. The van der Waals surface area contributed by atoms with Gasteiger partial charge in [-0.05, 0) is 61.4 Å². The van der Waals surface area contributed by atoms with Crippen molar-refractivity contribution in [1.29, 1.82) is 0 Å². The Hall–Kier alpha value is -3.12. The third-order valence-electron chi connectivity index (χ3n) is 7.68. The Labute approximate surface area is 194 Å². The Morgan fingerprint density at radius 1 is 0.939 bits per heavy atom. The van der Waals surface area contributed by atoms with Crippen LogP contribution in [-0.2, 0) is 0 Å². The second-order valence-electron chi connectivity index (χ2n) is 9.39. The molecule has 1 aliphatic heterocycles. The molecule has 1 aromatic carbocycles. The maximum Gasteiger partial charge on any atom is 0.137 e. The average Bonchev–Trinajstić information content (AvgIpc) is 3.32. The number of methoxy groups -OCH3 is 1. The number of nitrogens with zero attached hydrogens (tertiary/aromatic N) is 4. The highest BCUT2D eigenvalue weighted by molar-refractivity contribution is 5.92. The predicted molar refractivity (Wildman–Crippen MR) is 133 cm³/mol. The largest absolute Gasteiger partial charge is 0.497 e. The van der Waals surface area contributed by atoms with Crippen LogP contribution in [0.5, 0.6) is 5.75 Å². The zero-order valence-electron chi connectivity index (χ0n) is 19.2. The number of rotatable bonds is 4. The normalized spacial score (nSPS) is 22.2. The highest BCUT2D eigenvalue weighted by Crippen LogP contribution is 2.38. The Morgan fingerprint density at radius 2 is 1.73 bits per heavy atom. The van der Waals surface area contributed by atoms with E-state index in [2.05, 4.69) is 55.2 Å². The molecule has 33 heavy (non-hydrogen) atoms. The third-order valence-corrected chi connectivity index (χ3v) is 7.68. The van der Waals surface area contributed by atoms with E-state index in [1.165, 1.54) is 42.3 Å². The smallest absolute Gasteiger partial charge is 0.137 e. The number of hydrogen-bond acceptors (Lipinski definition) is 5. The number of aromatic amines is 1. The lowest BCUT2D eigenvalue weighted by molar-refractivity contribution is 0.141. The lowest BCUT2D eigenvalue weighted by Gasteiger charge is -2.42. The minimum absolute atomic E-state index is 0.648. The van der Waals surface area contributed by atoms with Gasteiger partial charge < -0.3 is 14.6 Å². The van der Waals surface area contributed by atoms with Gasteiger partial charge >= 0.3 is 0 Å². The van der Waals surface area contributed by atoms with Gasteiger partial charge in [0.2, 0.25) is 0 Å². The topological polar surface area (TPSA) is 57.3 Å². The van der Waals surface area contributed by atoms with Crippen molar-refractivity contribution in [2.24, 2.45) is 0 Å². The first-order chi connectivity index (χ1) is 16.3. The minimum atomic E-state index is 0.648. The molecule has 4 heterocycles. The molecule has 0 bridgehead atoms. The number of ether oxygens (including phenoxy) is 1. The average molecular weight is 442 g/mol. The molecule has 1 saturated heterocycles. The molecule has 0 unspecified atom stereocenters. The molecule has 3 aromatic heterocycles. The van der Waals surface area contributed by atoms with Gasteiger partial charge in [-0.3, -0.25) is 9.88 Å². The first-order valence-corrected chi connectivity index (χ1v) is 12.1. The Bertz CT molecular complexity index is 1250. The molecule has 2 aliphatic rings. The van der Waals surface area contributed by atoms with E-state index in [0.29, 0.717) is 12.0 Å². The van der Waals surface area contributed by atoms with Gasteiger partial charge in [-0.1, -0.05) is 6.07 Å². The molecule has 170 valence electrons. The molecule has 2 fully saturated rings. The second-order valence-corrected chi connectivity index (χ2v) is 9.39. The number of benzene rings is 1. The number of H-pyrrole nitrogens is 1. The number of anilines is 1. The Kier molecular flexibility index (Phi) is 5.38. The van der Waals surface area contributed by atoms with E-state index in [-0.39, 0.29) is 0 Å². The van der Waals surface area contributed by atoms with Crippen LogP contribution in [0.4, 0.5) is 5.69 Å². The molecule has 0 amide bonds. The Morgan fingerprint density at radius 3 is 2.55 bits per heavy atom. The molecule has 0 atom stereocenters. The van der Waals surface area contributed by atoms with Crippen molar-refractivity contribution in [2.75, 3.05) is 38.2 Å². The van der Waals surface area contributed by atoms with E-state index in [0.717, 1.165) is 48.5 Å². The van der Waals surface area contributed by atoms with E-state index in [4.69, 9.17) is 4.74 Å². The zero-order valence-corrected chi connectivity index (χ0v) is 19.2. The van der Waals surface area contributed by atoms with Crippen molar-refractivity contribution in [1.82, 2.24) is 19.9 Å². The highest BCUT2D eigenvalue weighted by atomic mass is 16.5. The molecule has 1 saturated carbocycles. The first kappa shape index (κ1) is 20.5. The van der Waals surface area contributed by atoms with Crippen molar-refractivity contribution >= 4 is 27.6 Å². The number of hydrogen-bond donors (Lipinski definition) is 1. The molecule has 4 aromatic rings. The summed E-state index contributed by atoms with van der Waals surface area (Å²) in [7, 11) is 1.74. The van der Waals surface area contributed by atoms with E-state index >= 15 is 0 Å². The quantitative estimate of drug-likeness (QED) is 0.485. The molecular weight excluding hydrogens is 410 g/mol. The summed E-state index contributed by atoms with van der Waals surface area (Å²) in [5.41, 5.74) is 4.74. The van der Waals surface area contributed by atoms with Gasteiger partial charge in [0.15, 0.2) is 0 Å². The van der Waals surface area contributed by atoms with Crippen LogP contribution in [0.1, 0.15) is 37.2 Å². The fourth-order valence-corrected chi connectivity index (χ4v) is 5.90. The van der Waals surface area contributed by atoms with Gasteiger partial charge in [0.25, 0.3) is 0 Å². The maximum absolute atomic E-state index is 5.57. The van der Waals surface area contributed by atoms with Crippen LogP contribution < -0.4 is 9.64 Å². The molecule has 0 spiro atoms. The van der Waals surface area contributed by atoms with Crippen molar-refractivity contribution in [3.8, 4) is 5.75 Å². The fourth-order valence-electron chi connectivity index (χ4n) is 5.90. The minimum Gasteiger partial charge on any atom is -0.497 e. The van der Waals surface area contributed by atoms with Crippen LogP contribution >= 0.6 is 0 Å². The van der Waals surface area contributed by atoms with Crippen LogP contribution in [0.25, 0.3) is 21.9 Å². The van der Waals surface area contributed by atoms with Crippen molar-refractivity contribution < 1.29 is 4.74 Å². The molecule has 0 radical (unpaired) electrons. The molecule has 1 aliphatic carbocycles. The molecule has 6 rings (SSSR count). The van der Waals surface area contributed by atoms with Gasteiger partial charge in [0.1, 0.15) is 11.4 Å². The summed E-state index contributed by atoms with van der Waals surface area (Å²) in [6.45, 7) is 4.29. The van der Waals surface area contributed by atoms with Crippen molar-refractivity contribution in [3.63, 3.8) is 0 Å². The fraction of sp³-hybridized carbons (Fsp3) is 0.407. The highest BCUT2D eigenvalue weighted by Gasteiger charge is 2.30. The number of aromatic nitrogens is 3. The summed E-state index contributed by atoms with van der Waals surface area (Å²) >= 11 is 0. The number of fused-ring (bicyclic) bond motifs is 2. The summed E-state index contributed by atoms with van der Waals surface area (Å²) in [5, 5.41) is 2.44. The van der Waals surface area contributed by atoms with Crippen LogP contribution in [0, 0.1) is 0 Å². The molecule has 6 nitrogen and oxygen atoms in total. The molecule has 6 heteroatoms. The van der Waals surface area contributed by atoms with Crippen LogP contribution in [0.3, 0.4) is 0 Å². The van der Waals surface area contributed by atoms with Gasteiger partial charge in [-0.25, -0.2) is 4.98 Å². The van der Waals surface area contributed by atoms with E-state index in [1.54, 1.807) is 7.11 Å². The van der Waals surface area contributed by atoms with Crippen LogP contribution in [-0.4, -0.2) is 59.2 Å². The van der Waals surface area contributed by atoms with E-state index in [1.807, 2.05) is 24.5 Å². The summed E-state index contributed by atoms with van der Waals surface area (Å²) in [6.07, 6.45) is 11.0. The van der Waals surface area contributed by atoms with Crippen molar-refractivity contribution in [2.45, 2.75) is 37.6 Å².